The van der Waals surface area contributed by atoms with Crippen LogP contribution in [0.1, 0.15) is 112 Å². The van der Waals surface area contributed by atoms with Crippen LogP contribution in [-0.2, 0) is 16.4 Å². The molecule has 294 valence electrons. The molecule has 9 nitrogen and oxygen atoms in total. The topological polar surface area (TPSA) is 108 Å². The highest BCUT2D eigenvalue weighted by Gasteiger charge is 2.57. The number of alkyl halides is 6. The molecule has 8 rings (SSSR count). The molecule has 3 heterocycles. The van der Waals surface area contributed by atoms with E-state index in [4.69, 9.17) is 4.74 Å². The molecule has 1 aromatic heterocycles. The number of fused-ring (bicyclic) bond motifs is 4. The average molecular weight is 764 g/mol. The second kappa shape index (κ2) is 13.3. The van der Waals surface area contributed by atoms with Gasteiger partial charge in [0.15, 0.2) is 5.69 Å². The second-order valence-electron chi connectivity index (χ2n) is 17.4. The van der Waals surface area contributed by atoms with Crippen LogP contribution in [0.4, 0.5) is 38.0 Å². The van der Waals surface area contributed by atoms with Crippen molar-refractivity contribution in [2.45, 2.75) is 120 Å². The lowest BCUT2D eigenvalue weighted by Gasteiger charge is -2.51. The van der Waals surface area contributed by atoms with Crippen LogP contribution in [0.2, 0.25) is 0 Å². The molecule has 4 atom stereocenters. The Morgan fingerprint density at radius 3 is 2.37 bits per heavy atom. The molecule has 6 aliphatic rings. The summed E-state index contributed by atoms with van der Waals surface area (Å²) in [6.07, 6.45) is 1.30. The molecule has 2 aliphatic heterocycles. The van der Waals surface area contributed by atoms with Crippen molar-refractivity contribution in [1.82, 2.24) is 20.2 Å². The van der Waals surface area contributed by atoms with E-state index in [0.29, 0.717) is 56.8 Å². The van der Waals surface area contributed by atoms with Gasteiger partial charge in [-0.25, -0.2) is 14.8 Å². The molecule has 1 aromatic carbocycles. The summed E-state index contributed by atoms with van der Waals surface area (Å²) in [7, 11) is 0. The van der Waals surface area contributed by atoms with Gasteiger partial charge in [-0.3, -0.25) is 9.69 Å². The molecule has 4 unspecified atom stereocenters. The van der Waals surface area contributed by atoms with Gasteiger partial charge in [0.2, 0.25) is 5.95 Å². The van der Waals surface area contributed by atoms with Crippen molar-refractivity contribution in [2.75, 3.05) is 31.1 Å². The summed E-state index contributed by atoms with van der Waals surface area (Å²) >= 11 is 0. The van der Waals surface area contributed by atoms with Crippen LogP contribution in [0.15, 0.2) is 24.4 Å². The first kappa shape index (κ1) is 37.3. The van der Waals surface area contributed by atoms with Crippen LogP contribution < -0.4 is 15.0 Å². The molecule has 2 bridgehead atoms. The minimum atomic E-state index is -5.02. The molecule has 2 aromatic rings. The Morgan fingerprint density at radius 1 is 0.981 bits per heavy atom. The second-order valence-corrected chi connectivity index (χ2v) is 17.4. The van der Waals surface area contributed by atoms with Gasteiger partial charge in [-0.05, 0) is 124 Å². The molecular weight excluding hydrogens is 716 g/mol. The quantitative estimate of drug-likeness (QED) is 0.273. The molecule has 4 aliphatic carbocycles. The minimum Gasteiger partial charge on any atom is -0.490 e. The molecular formula is C39H47F6N5O4. The van der Waals surface area contributed by atoms with E-state index in [0.717, 1.165) is 63.1 Å². The Morgan fingerprint density at radius 2 is 1.70 bits per heavy atom. The zero-order valence-electron chi connectivity index (χ0n) is 30.4. The van der Waals surface area contributed by atoms with E-state index < -0.39 is 47.6 Å². The van der Waals surface area contributed by atoms with Crippen LogP contribution in [0.25, 0.3) is 0 Å². The van der Waals surface area contributed by atoms with Crippen molar-refractivity contribution >= 4 is 23.5 Å². The first-order chi connectivity index (χ1) is 25.5. The number of hydrogen-bond donors (Lipinski definition) is 2. The number of nitrogens with zero attached hydrogens (tertiary/aromatic N) is 4. The van der Waals surface area contributed by atoms with E-state index in [-0.39, 0.29) is 47.1 Å². The Balaban J connectivity index is 1.02. The number of amides is 1. The van der Waals surface area contributed by atoms with Crippen molar-refractivity contribution in [1.29, 1.82) is 0 Å². The Kier molecular flexibility index (Phi) is 9.16. The largest absolute Gasteiger partial charge is 0.490 e. The number of piperidine rings is 1. The summed E-state index contributed by atoms with van der Waals surface area (Å²) in [5, 5.41) is 12.8. The zero-order chi connectivity index (χ0) is 38.3. The third kappa shape index (κ3) is 6.80. The van der Waals surface area contributed by atoms with Crippen molar-refractivity contribution in [2.24, 2.45) is 23.2 Å². The number of carboxylic acid groups (broad SMARTS) is 1. The van der Waals surface area contributed by atoms with E-state index >= 15 is 0 Å². The summed E-state index contributed by atoms with van der Waals surface area (Å²) in [6, 6.07) is 5.60. The number of carbonyl (C=O) groups excluding carboxylic acids is 1. The van der Waals surface area contributed by atoms with Gasteiger partial charge in [-0.15, -0.1) is 0 Å². The lowest BCUT2D eigenvalue weighted by atomic mass is 9.61. The third-order valence-electron chi connectivity index (χ3n) is 13.6. The number of hydrogen-bond acceptors (Lipinski definition) is 7. The molecule has 1 saturated heterocycles. The number of halogens is 6. The predicted octanol–water partition coefficient (Wildman–Crippen LogP) is 8.04. The number of nitrogens with one attached hydrogen (secondary N) is 1. The van der Waals surface area contributed by atoms with Gasteiger partial charge in [0.25, 0.3) is 5.91 Å². The van der Waals surface area contributed by atoms with Gasteiger partial charge in [-0.2, -0.15) is 26.3 Å². The number of aliphatic carboxylic acids is 1. The highest BCUT2D eigenvalue weighted by atomic mass is 19.4. The molecule has 54 heavy (non-hydrogen) atoms. The van der Waals surface area contributed by atoms with Crippen molar-refractivity contribution < 1.29 is 45.8 Å². The monoisotopic (exact) mass is 763 g/mol. The Hall–Kier alpha value is -3.62. The van der Waals surface area contributed by atoms with Gasteiger partial charge in [0, 0.05) is 23.8 Å². The first-order valence-corrected chi connectivity index (χ1v) is 19.3. The lowest BCUT2D eigenvalue weighted by molar-refractivity contribution is -0.155. The first-order valence-electron chi connectivity index (χ1n) is 19.3. The summed E-state index contributed by atoms with van der Waals surface area (Å²) in [4.78, 5) is 37.7. The van der Waals surface area contributed by atoms with Crippen molar-refractivity contribution in [3.05, 3.63) is 41.2 Å². The van der Waals surface area contributed by atoms with E-state index in [2.05, 4.69) is 15.3 Å². The number of carbonyl (C=O) groups is 2. The van der Waals surface area contributed by atoms with Crippen LogP contribution in [0.3, 0.4) is 0 Å². The summed E-state index contributed by atoms with van der Waals surface area (Å²) < 4.78 is 89.2. The number of anilines is 2. The molecule has 5 fully saturated rings. The minimum absolute atomic E-state index is 0.00963. The number of carboxylic acids is 1. The van der Waals surface area contributed by atoms with Crippen molar-refractivity contribution in [3.63, 3.8) is 0 Å². The Labute approximate surface area is 310 Å². The fourth-order valence-electron chi connectivity index (χ4n) is 11.1. The number of rotatable bonds is 7. The van der Waals surface area contributed by atoms with Crippen molar-refractivity contribution in [3.8, 4) is 5.75 Å². The summed E-state index contributed by atoms with van der Waals surface area (Å²) in [5.41, 5.74) is -2.60. The summed E-state index contributed by atoms with van der Waals surface area (Å²) in [6.45, 7) is 2.33. The smallest absolute Gasteiger partial charge is 0.434 e. The van der Waals surface area contributed by atoms with E-state index in [9.17, 15) is 41.0 Å². The molecule has 0 radical (unpaired) electrons. The van der Waals surface area contributed by atoms with Crippen LogP contribution in [0.5, 0.6) is 5.75 Å². The highest BCUT2D eigenvalue weighted by Crippen LogP contribution is 2.55. The molecule has 4 saturated carbocycles. The van der Waals surface area contributed by atoms with Crippen LogP contribution in [-0.4, -0.2) is 75.8 Å². The third-order valence-corrected chi connectivity index (χ3v) is 13.6. The van der Waals surface area contributed by atoms with Gasteiger partial charge in [0.1, 0.15) is 11.3 Å². The maximum Gasteiger partial charge on any atom is 0.434 e. The lowest BCUT2D eigenvalue weighted by Crippen LogP contribution is -2.57. The molecule has 15 heteroatoms. The van der Waals surface area contributed by atoms with E-state index in [1.807, 2.05) is 19.1 Å². The number of ether oxygens (including phenoxy) is 1. The SMILES string of the molecule is CC1CC2CC(C1)C(NC(=O)c1cnc(N3CC4(CCCCC4)c4cc(OC5CC6(CCN(CC(F)(F)F)CC6)C5)ccc43)nc1C(F)(F)F)(C(=O)O)C2. The van der Waals surface area contributed by atoms with Gasteiger partial charge < -0.3 is 20.1 Å². The fraction of sp³-hybridized carbons (Fsp3) is 0.692. The van der Waals surface area contributed by atoms with Crippen LogP contribution >= 0.6 is 0 Å². The standard InChI is InChI=1S/C39H47F6N5O4/c1-23-13-24-15-25(14-23)37(17-24,33(52)53)48-32(51)28-20-46-34(47-31(28)39(43,44)45)50-21-36(7-3-2-4-8-36)29-16-26(5-6-30(29)50)54-27-18-35(19-27)9-11-49(12-10-35)22-38(40,41)42/h5-6,16,20,23-25,27H,2-4,7-15,17-19,21-22H2,1H3,(H,48,51)(H,52,53). The highest BCUT2D eigenvalue weighted by molar-refractivity contribution is 5.99. The maximum atomic E-state index is 14.7. The number of aromatic nitrogens is 2. The number of likely N-dealkylation sites (tertiary alicyclic amines) is 1. The van der Waals surface area contributed by atoms with Gasteiger partial charge in [-0.1, -0.05) is 26.2 Å². The van der Waals surface area contributed by atoms with E-state index in [1.165, 1.54) is 4.90 Å². The molecule has 1 amide bonds. The Bertz CT molecular complexity index is 1780. The summed E-state index contributed by atoms with van der Waals surface area (Å²) in [5.74, 6) is -1.96. The fourth-order valence-corrected chi connectivity index (χ4v) is 11.1. The van der Waals surface area contributed by atoms with Gasteiger partial charge in [0.05, 0.1) is 18.2 Å². The predicted molar refractivity (Wildman–Crippen MR) is 186 cm³/mol. The average Bonchev–Trinajstić information content (AvgIpc) is 3.53. The van der Waals surface area contributed by atoms with E-state index in [1.54, 1.807) is 11.0 Å². The van der Waals surface area contributed by atoms with Gasteiger partial charge >= 0.3 is 18.3 Å². The maximum absolute atomic E-state index is 14.7. The normalized spacial score (nSPS) is 29.2. The zero-order valence-corrected chi connectivity index (χ0v) is 30.4. The molecule has 2 spiro atoms. The number of benzene rings is 1. The van der Waals surface area contributed by atoms with Crippen LogP contribution in [0, 0.1) is 23.2 Å². The molecule has 2 N–H and O–H groups in total.